The summed E-state index contributed by atoms with van der Waals surface area (Å²) in [5, 5.41) is 12.0. The second-order valence-electron chi connectivity index (χ2n) is 6.64. The van der Waals surface area contributed by atoms with Gasteiger partial charge < -0.3 is 15.2 Å². The fraction of sp³-hybridized carbons (Fsp3) is 0.400. The van der Waals surface area contributed by atoms with Crippen LogP contribution in [0.3, 0.4) is 0 Å². The molecule has 0 amide bonds. The summed E-state index contributed by atoms with van der Waals surface area (Å²) in [6, 6.07) is 8.68. The van der Waals surface area contributed by atoms with E-state index in [4.69, 9.17) is 9.84 Å². The quantitative estimate of drug-likeness (QED) is 0.525. The van der Waals surface area contributed by atoms with E-state index in [1.165, 1.54) is 11.6 Å². The molecule has 0 bridgehead atoms. The van der Waals surface area contributed by atoms with Crippen LogP contribution in [0.15, 0.2) is 36.4 Å². The van der Waals surface area contributed by atoms with Crippen molar-refractivity contribution in [1.29, 1.82) is 0 Å². The van der Waals surface area contributed by atoms with Crippen molar-refractivity contribution in [3.63, 3.8) is 0 Å². The number of nitrogens with one attached hydrogen (secondary N) is 1. The van der Waals surface area contributed by atoms with Crippen LogP contribution in [-0.2, 0) is 19.3 Å². The van der Waals surface area contributed by atoms with Gasteiger partial charge in [-0.15, -0.1) is 0 Å². The maximum atomic E-state index is 13.4. The van der Waals surface area contributed by atoms with E-state index in [1.807, 2.05) is 18.2 Å². The highest BCUT2D eigenvalue weighted by molar-refractivity contribution is 5.40. The maximum Gasteiger partial charge on any atom is 0.419 e. The summed E-state index contributed by atoms with van der Waals surface area (Å²) in [5.74, 6) is -0.182. The third-order valence-corrected chi connectivity index (χ3v) is 4.47. The monoisotopic (exact) mass is 383 g/mol. The van der Waals surface area contributed by atoms with Crippen LogP contribution in [0.5, 0.6) is 5.75 Å². The van der Waals surface area contributed by atoms with E-state index in [1.54, 1.807) is 0 Å². The van der Waals surface area contributed by atoms with Crippen molar-refractivity contribution in [2.24, 2.45) is 0 Å². The Morgan fingerprint density at radius 2 is 1.89 bits per heavy atom. The molecule has 0 saturated heterocycles. The Labute approximate surface area is 155 Å². The lowest BCUT2D eigenvalue weighted by Crippen LogP contribution is -2.18. The van der Waals surface area contributed by atoms with Crippen molar-refractivity contribution in [2.75, 3.05) is 13.2 Å². The van der Waals surface area contributed by atoms with Gasteiger partial charge in [-0.3, -0.25) is 0 Å². The molecule has 0 aliphatic heterocycles. The van der Waals surface area contributed by atoms with Crippen molar-refractivity contribution >= 4 is 0 Å². The van der Waals surface area contributed by atoms with Gasteiger partial charge in [0.25, 0.3) is 0 Å². The molecule has 1 aliphatic carbocycles. The first kappa shape index (κ1) is 19.6. The van der Waals surface area contributed by atoms with E-state index in [2.05, 4.69) is 5.32 Å². The van der Waals surface area contributed by atoms with Gasteiger partial charge in [-0.1, -0.05) is 18.2 Å². The topological polar surface area (TPSA) is 41.5 Å². The molecule has 2 aromatic rings. The lowest BCUT2D eigenvalue weighted by Gasteiger charge is -2.15. The number of ether oxygens (including phenoxy) is 1. The van der Waals surface area contributed by atoms with Crippen molar-refractivity contribution < 1.29 is 27.4 Å². The number of benzene rings is 2. The molecule has 3 nitrogen and oxygen atoms in total. The summed E-state index contributed by atoms with van der Waals surface area (Å²) in [7, 11) is 0. The maximum absolute atomic E-state index is 13.4. The number of aliphatic hydroxyl groups is 1. The Hall–Kier alpha value is -2.12. The molecule has 0 heterocycles. The number of rotatable bonds is 8. The summed E-state index contributed by atoms with van der Waals surface area (Å²) in [4.78, 5) is 0. The van der Waals surface area contributed by atoms with Crippen molar-refractivity contribution in [3.8, 4) is 5.75 Å². The molecular formula is C20H21F4NO2. The normalized spacial score (nSPS) is 14.4. The molecule has 1 aliphatic rings. The second kappa shape index (κ2) is 8.27. The van der Waals surface area contributed by atoms with Crippen LogP contribution in [-0.4, -0.2) is 18.3 Å². The minimum atomic E-state index is -4.74. The van der Waals surface area contributed by atoms with Crippen LogP contribution in [0.25, 0.3) is 0 Å². The molecule has 0 unspecified atom stereocenters. The van der Waals surface area contributed by atoms with Crippen LogP contribution < -0.4 is 10.1 Å². The van der Waals surface area contributed by atoms with Crippen LogP contribution >= 0.6 is 0 Å². The fourth-order valence-electron chi connectivity index (χ4n) is 2.89. The Morgan fingerprint density at radius 1 is 1.11 bits per heavy atom. The highest BCUT2D eigenvalue weighted by Crippen LogP contribution is 2.41. The fourth-order valence-corrected chi connectivity index (χ4v) is 2.89. The summed E-state index contributed by atoms with van der Waals surface area (Å²) in [6.45, 7) is 0.821. The van der Waals surface area contributed by atoms with Gasteiger partial charge in [0.1, 0.15) is 18.2 Å². The van der Waals surface area contributed by atoms with Gasteiger partial charge in [0, 0.05) is 18.7 Å². The average Bonchev–Trinajstić information content (AvgIpc) is 3.46. The number of aliphatic hydroxyl groups excluding tert-OH is 1. The molecule has 0 aromatic heterocycles. The lowest BCUT2D eigenvalue weighted by molar-refractivity contribution is -0.140. The molecule has 0 radical (unpaired) electrons. The molecule has 2 N–H and O–H groups in total. The van der Waals surface area contributed by atoms with Gasteiger partial charge in [0.05, 0.1) is 12.2 Å². The van der Waals surface area contributed by atoms with Gasteiger partial charge in [-0.25, -0.2) is 4.39 Å². The Balaban J connectivity index is 1.75. The standard InChI is InChI=1S/C20H21F4NO2/c21-18-5-1-13(9-17(18)20(22,23)24)12-27-19-6-4-15(14-2-3-14)10-16(19)11-25-7-8-26/h1,4-6,9-10,14,25-26H,2-3,7-8,11-12H2. The zero-order valence-corrected chi connectivity index (χ0v) is 14.7. The predicted octanol–water partition coefficient (Wildman–Crippen LogP) is 4.38. The average molecular weight is 383 g/mol. The Bertz CT molecular complexity index is 788. The molecule has 0 spiro atoms. The van der Waals surface area contributed by atoms with Gasteiger partial charge in [-0.05, 0) is 48.1 Å². The van der Waals surface area contributed by atoms with Gasteiger partial charge in [-0.2, -0.15) is 13.2 Å². The number of halogens is 4. The largest absolute Gasteiger partial charge is 0.489 e. The summed E-state index contributed by atoms with van der Waals surface area (Å²) in [5.41, 5.74) is 1.04. The van der Waals surface area contributed by atoms with E-state index in [-0.39, 0.29) is 18.8 Å². The molecule has 1 fully saturated rings. The van der Waals surface area contributed by atoms with Gasteiger partial charge in [0.2, 0.25) is 0 Å². The third-order valence-electron chi connectivity index (χ3n) is 4.47. The molecule has 1 saturated carbocycles. The van der Waals surface area contributed by atoms with Crippen LogP contribution in [0.4, 0.5) is 17.6 Å². The van der Waals surface area contributed by atoms with Crippen LogP contribution in [0.1, 0.15) is 41.0 Å². The van der Waals surface area contributed by atoms with E-state index in [0.717, 1.165) is 30.5 Å². The SMILES string of the molecule is OCCNCc1cc(C2CC2)ccc1OCc1ccc(F)c(C(F)(F)F)c1. The molecule has 146 valence electrons. The molecular weight excluding hydrogens is 362 g/mol. The molecule has 27 heavy (non-hydrogen) atoms. The second-order valence-corrected chi connectivity index (χ2v) is 6.64. The first-order valence-corrected chi connectivity index (χ1v) is 8.81. The van der Waals surface area contributed by atoms with E-state index < -0.39 is 17.6 Å². The van der Waals surface area contributed by atoms with Crippen molar-refractivity contribution in [2.45, 2.75) is 38.1 Å². The van der Waals surface area contributed by atoms with Gasteiger partial charge >= 0.3 is 6.18 Å². The molecule has 3 rings (SSSR count). The number of hydrogen-bond acceptors (Lipinski definition) is 3. The Kier molecular flexibility index (Phi) is 6.01. The first-order valence-electron chi connectivity index (χ1n) is 8.81. The van der Waals surface area contributed by atoms with E-state index >= 15 is 0 Å². The minimum Gasteiger partial charge on any atom is -0.489 e. The summed E-state index contributed by atoms with van der Waals surface area (Å²) in [6.07, 6.45) is -2.44. The van der Waals surface area contributed by atoms with E-state index in [0.29, 0.717) is 24.8 Å². The number of hydrogen-bond donors (Lipinski definition) is 2. The van der Waals surface area contributed by atoms with Crippen molar-refractivity contribution in [3.05, 3.63) is 64.5 Å². The minimum absolute atomic E-state index is 0.00824. The number of alkyl halides is 3. The highest BCUT2D eigenvalue weighted by Gasteiger charge is 2.34. The predicted molar refractivity (Wildman–Crippen MR) is 92.9 cm³/mol. The zero-order valence-electron chi connectivity index (χ0n) is 14.7. The Morgan fingerprint density at radius 3 is 2.56 bits per heavy atom. The molecule has 2 aromatic carbocycles. The van der Waals surface area contributed by atoms with Crippen molar-refractivity contribution in [1.82, 2.24) is 5.32 Å². The van der Waals surface area contributed by atoms with Crippen LogP contribution in [0, 0.1) is 5.82 Å². The highest BCUT2D eigenvalue weighted by atomic mass is 19.4. The van der Waals surface area contributed by atoms with Gasteiger partial charge in [0.15, 0.2) is 0 Å². The van der Waals surface area contributed by atoms with Crippen LogP contribution in [0.2, 0.25) is 0 Å². The molecule has 0 atom stereocenters. The smallest absolute Gasteiger partial charge is 0.419 e. The lowest BCUT2D eigenvalue weighted by atomic mass is 10.1. The third kappa shape index (κ3) is 5.20. The zero-order chi connectivity index (χ0) is 19.4. The van der Waals surface area contributed by atoms with E-state index in [9.17, 15) is 17.6 Å². The summed E-state index contributed by atoms with van der Waals surface area (Å²) >= 11 is 0. The molecule has 7 heteroatoms. The summed E-state index contributed by atoms with van der Waals surface area (Å²) < 4.78 is 57.7. The first-order chi connectivity index (χ1) is 12.9.